The Morgan fingerprint density at radius 3 is 2.79 bits per heavy atom. The Hall–Kier alpha value is -3.95. The predicted molar refractivity (Wildman–Crippen MR) is 121 cm³/mol. The largest absolute Gasteiger partial charge is 0.444 e. The topological polar surface area (TPSA) is 87.3 Å². The van der Waals surface area contributed by atoms with Gasteiger partial charge in [0.2, 0.25) is 0 Å². The molecule has 170 valence electrons. The van der Waals surface area contributed by atoms with Crippen LogP contribution >= 0.6 is 0 Å². The van der Waals surface area contributed by atoms with Gasteiger partial charge in [-0.05, 0) is 43.2 Å². The van der Waals surface area contributed by atoms with Gasteiger partial charge in [-0.15, -0.1) is 0 Å². The summed E-state index contributed by atoms with van der Waals surface area (Å²) in [5, 5.41) is 10.0. The van der Waals surface area contributed by atoms with Crippen LogP contribution in [0.5, 0.6) is 0 Å². The van der Waals surface area contributed by atoms with Crippen LogP contribution in [0, 0.1) is 5.82 Å². The lowest BCUT2D eigenvalue weighted by Gasteiger charge is -2.26. The van der Waals surface area contributed by atoms with Gasteiger partial charge in [-0.3, -0.25) is 4.90 Å². The zero-order chi connectivity index (χ0) is 22.8. The van der Waals surface area contributed by atoms with Crippen molar-refractivity contribution in [1.82, 2.24) is 15.0 Å². The minimum atomic E-state index is -0.481. The number of benzene rings is 1. The molecule has 0 N–H and O–H groups in total. The zero-order valence-electron chi connectivity index (χ0n) is 18.1. The van der Waals surface area contributed by atoms with Crippen molar-refractivity contribution in [1.29, 1.82) is 0 Å². The minimum absolute atomic E-state index is 0.286. The number of carbonyl (C=O) groups excluding carboxylic acids is 1. The van der Waals surface area contributed by atoms with E-state index in [9.17, 15) is 9.18 Å². The molecular weight excluding hydrogens is 427 g/mol. The molecule has 3 aromatic rings. The second kappa shape index (κ2) is 8.89. The number of anilines is 2. The molecule has 1 atom stereocenters. The van der Waals surface area contributed by atoms with Crippen molar-refractivity contribution < 1.29 is 18.4 Å². The fraction of sp³-hybridized carbons (Fsp3) is 0.304. The molecule has 1 fully saturated rings. The van der Waals surface area contributed by atoms with E-state index in [0.29, 0.717) is 42.0 Å². The first-order valence-corrected chi connectivity index (χ1v) is 10.7. The molecular formula is C23H23FN6O3. The van der Waals surface area contributed by atoms with E-state index in [4.69, 9.17) is 9.26 Å². The average molecular weight is 450 g/mol. The lowest BCUT2D eigenvalue weighted by atomic mass is 10.1. The number of hydrazone groups is 1. The molecule has 2 aliphatic heterocycles. The number of cyclic esters (lactones) is 1. The smallest absolute Gasteiger partial charge is 0.414 e. The Kier molecular flexibility index (Phi) is 5.64. The van der Waals surface area contributed by atoms with E-state index < -0.39 is 11.9 Å². The van der Waals surface area contributed by atoms with Crippen molar-refractivity contribution >= 4 is 23.9 Å². The van der Waals surface area contributed by atoms with Crippen LogP contribution in [0.3, 0.4) is 0 Å². The Bertz CT molecular complexity index is 1150. The molecule has 5 rings (SSSR count). The van der Waals surface area contributed by atoms with Gasteiger partial charge in [0.05, 0.1) is 24.5 Å². The summed E-state index contributed by atoms with van der Waals surface area (Å²) in [6.07, 6.45) is 5.38. The molecule has 1 saturated heterocycles. The quantitative estimate of drug-likeness (QED) is 0.568. The summed E-state index contributed by atoms with van der Waals surface area (Å²) in [4.78, 5) is 20.2. The predicted octanol–water partition coefficient (Wildman–Crippen LogP) is 3.53. The fourth-order valence-corrected chi connectivity index (χ4v) is 3.85. The molecule has 2 aromatic heterocycles. The number of carbonyl (C=O) groups is 1. The molecule has 1 amide bonds. The second-order valence-corrected chi connectivity index (χ2v) is 8.05. The molecule has 1 aromatic carbocycles. The molecule has 0 radical (unpaired) electrons. The van der Waals surface area contributed by atoms with Crippen molar-refractivity contribution in [3.05, 3.63) is 60.4 Å². The van der Waals surface area contributed by atoms with E-state index in [-0.39, 0.29) is 6.10 Å². The lowest BCUT2D eigenvalue weighted by molar-refractivity contribution is 0.136. The van der Waals surface area contributed by atoms with Gasteiger partial charge in [-0.1, -0.05) is 5.16 Å². The first-order chi connectivity index (χ1) is 16.1. The number of ether oxygens (including phenoxy) is 1. The Labute approximate surface area is 190 Å². The number of aryl methyl sites for hydroxylation is 1. The van der Waals surface area contributed by atoms with E-state index in [1.165, 1.54) is 17.2 Å². The summed E-state index contributed by atoms with van der Waals surface area (Å²) in [6, 6.07) is 10.2. The van der Waals surface area contributed by atoms with Crippen molar-refractivity contribution in [3.63, 3.8) is 0 Å². The molecule has 2 aliphatic rings. The number of amides is 1. The van der Waals surface area contributed by atoms with Crippen LogP contribution in [0.15, 0.2) is 58.5 Å². The number of hydrogen-bond donors (Lipinski definition) is 0. The van der Waals surface area contributed by atoms with Gasteiger partial charge in [-0.2, -0.15) is 5.10 Å². The van der Waals surface area contributed by atoms with Gasteiger partial charge in [0.15, 0.2) is 0 Å². The molecule has 4 heterocycles. The highest BCUT2D eigenvalue weighted by atomic mass is 19.1. The van der Waals surface area contributed by atoms with Crippen LogP contribution < -0.4 is 9.91 Å². The third kappa shape index (κ3) is 4.50. The normalized spacial score (nSPS) is 18.2. The third-order valence-corrected chi connectivity index (χ3v) is 5.73. The van der Waals surface area contributed by atoms with Crippen molar-refractivity contribution in [2.75, 3.05) is 36.6 Å². The van der Waals surface area contributed by atoms with Crippen molar-refractivity contribution in [2.45, 2.75) is 18.9 Å². The summed E-state index contributed by atoms with van der Waals surface area (Å²) in [5.41, 5.74) is 2.32. The SMILES string of the molecule is CN1C=NN(c2ccc(-c3ccc(N4C[C@H](CCc5ccon5)OC4=O)cc3F)cn2)CC1. The molecule has 0 saturated carbocycles. The van der Waals surface area contributed by atoms with Crippen LogP contribution in [-0.4, -0.2) is 60.3 Å². The molecule has 10 heteroatoms. The highest BCUT2D eigenvalue weighted by Crippen LogP contribution is 2.30. The fourth-order valence-electron chi connectivity index (χ4n) is 3.85. The molecule has 33 heavy (non-hydrogen) atoms. The summed E-state index contributed by atoms with van der Waals surface area (Å²) in [5.74, 6) is 0.273. The van der Waals surface area contributed by atoms with Crippen molar-refractivity contribution in [2.24, 2.45) is 5.10 Å². The zero-order valence-corrected chi connectivity index (χ0v) is 18.1. The Morgan fingerprint density at radius 1 is 1.18 bits per heavy atom. The molecule has 9 nitrogen and oxygen atoms in total. The van der Waals surface area contributed by atoms with Crippen LogP contribution in [0.25, 0.3) is 11.1 Å². The maximum Gasteiger partial charge on any atom is 0.414 e. The van der Waals surface area contributed by atoms with E-state index in [0.717, 1.165) is 18.8 Å². The van der Waals surface area contributed by atoms with Crippen LogP contribution in [0.2, 0.25) is 0 Å². The number of nitrogens with zero attached hydrogens (tertiary/aromatic N) is 6. The van der Waals surface area contributed by atoms with Gasteiger partial charge >= 0.3 is 6.09 Å². The molecule has 0 unspecified atom stereocenters. The van der Waals surface area contributed by atoms with Crippen LogP contribution in [-0.2, 0) is 11.2 Å². The number of rotatable bonds is 6. The van der Waals surface area contributed by atoms with Gasteiger partial charge in [0.25, 0.3) is 0 Å². The average Bonchev–Trinajstić information content (AvgIpc) is 3.48. The number of likely N-dealkylation sites (N-methyl/N-ethyl adjacent to an activating group) is 1. The first kappa shape index (κ1) is 20.9. The second-order valence-electron chi connectivity index (χ2n) is 8.05. The maximum atomic E-state index is 15.0. The summed E-state index contributed by atoms with van der Waals surface area (Å²) in [6.45, 7) is 1.94. The van der Waals surface area contributed by atoms with Gasteiger partial charge in [0.1, 0.15) is 30.3 Å². The summed E-state index contributed by atoms with van der Waals surface area (Å²) < 4.78 is 25.2. The monoisotopic (exact) mass is 450 g/mol. The highest BCUT2D eigenvalue weighted by molar-refractivity contribution is 5.90. The molecule has 0 spiro atoms. The Morgan fingerprint density at radius 2 is 2.09 bits per heavy atom. The van der Waals surface area contributed by atoms with E-state index >= 15 is 0 Å². The Balaban J connectivity index is 1.26. The minimum Gasteiger partial charge on any atom is -0.444 e. The van der Waals surface area contributed by atoms with E-state index in [1.807, 2.05) is 24.1 Å². The number of halogens is 1. The first-order valence-electron chi connectivity index (χ1n) is 10.7. The standard InChI is InChI=1S/C23H23FN6O3/c1-28-9-10-30(26-15-28)22-7-2-16(13-25-22)20-6-4-18(12-21(20)24)29-14-19(33-23(29)31)5-3-17-8-11-32-27-17/h2,4,6-8,11-13,15,19H,3,5,9-10,14H2,1H3/t19-/m0/s1. The van der Waals surface area contributed by atoms with E-state index in [2.05, 4.69) is 15.2 Å². The molecule has 0 bridgehead atoms. The third-order valence-electron chi connectivity index (χ3n) is 5.73. The van der Waals surface area contributed by atoms with Gasteiger partial charge < -0.3 is 14.2 Å². The summed E-state index contributed by atoms with van der Waals surface area (Å²) in [7, 11) is 1.96. The maximum absolute atomic E-state index is 15.0. The number of aromatic nitrogens is 2. The highest BCUT2D eigenvalue weighted by Gasteiger charge is 2.32. The number of hydrogen-bond acceptors (Lipinski definition) is 8. The summed E-state index contributed by atoms with van der Waals surface area (Å²) >= 11 is 0. The van der Waals surface area contributed by atoms with Crippen LogP contribution in [0.4, 0.5) is 20.7 Å². The van der Waals surface area contributed by atoms with Gasteiger partial charge in [0, 0.05) is 37.0 Å². The van der Waals surface area contributed by atoms with Gasteiger partial charge in [-0.25, -0.2) is 19.2 Å². The molecule has 0 aliphatic carbocycles. The van der Waals surface area contributed by atoms with E-state index in [1.54, 1.807) is 35.7 Å². The van der Waals surface area contributed by atoms with Crippen LogP contribution in [0.1, 0.15) is 12.1 Å². The number of pyridine rings is 1. The van der Waals surface area contributed by atoms with Crippen molar-refractivity contribution in [3.8, 4) is 11.1 Å². The lowest BCUT2D eigenvalue weighted by Crippen LogP contribution is -2.35.